The van der Waals surface area contributed by atoms with E-state index >= 15 is 0 Å². The van der Waals surface area contributed by atoms with E-state index in [1.165, 1.54) is 0 Å². The molecule has 4 nitrogen and oxygen atoms in total. The molecule has 102 valence electrons. The maximum atomic E-state index is 9.71. The Morgan fingerprint density at radius 1 is 1.26 bits per heavy atom. The lowest BCUT2D eigenvalue weighted by atomic mass is 10.1. The van der Waals surface area contributed by atoms with Gasteiger partial charge in [-0.05, 0) is 31.0 Å². The van der Waals surface area contributed by atoms with E-state index < -0.39 is 6.10 Å². The van der Waals surface area contributed by atoms with Crippen LogP contribution >= 0.6 is 0 Å². The summed E-state index contributed by atoms with van der Waals surface area (Å²) in [6.07, 6.45) is 4.05. The summed E-state index contributed by atoms with van der Waals surface area (Å²) in [5.41, 5.74) is 0.921. The number of rotatable bonds is 6. The van der Waals surface area contributed by atoms with Crippen molar-refractivity contribution < 1.29 is 9.84 Å². The number of benzene rings is 1. The molecule has 4 heteroatoms. The summed E-state index contributed by atoms with van der Waals surface area (Å²) in [6, 6.07) is 7.56. The number of aliphatic hydroxyl groups is 1. The smallest absolute Gasteiger partial charge is 0.146 e. The first-order valence-corrected chi connectivity index (χ1v) is 6.65. The molecule has 0 radical (unpaired) electrons. The summed E-state index contributed by atoms with van der Waals surface area (Å²) in [5, 5.41) is 9.71. The molecule has 1 aromatic heterocycles. The first kappa shape index (κ1) is 13.6. The minimum absolute atomic E-state index is 0.395. The molecule has 2 aromatic rings. The van der Waals surface area contributed by atoms with Gasteiger partial charge >= 0.3 is 0 Å². The van der Waals surface area contributed by atoms with Crippen molar-refractivity contribution >= 4 is 0 Å². The number of ether oxygens (including phenoxy) is 1. The number of aliphatic hydroxyl groups excluding tert-OH is 1. The van der Waals surface area contributed by atoms with Crippen LogP contribution in [0.4, 0.5) is 0 Å². The zero-order chi connectivity index (χ0) is 13.7. The summed E-state index contributed by atoms with van der Waals surface area (Å²) in [6.45, 7) is 5.38. The van der Waals surface area contributed by atoms with Gasteiger partial charge in [-0.2, -0.15) is 0 Å². The number of aromatic nitrogens is 2. The standard InChI is InChI=1S/C15H20N2O2/c1-3-14(18)12-5-7-13(8-6-12)19-11-15-16-9-10-17(15)4-2/h5-10,14,18H,3-4,11H2,1-2H3. The van der Waals surface area contributed by atoms with Gasteiger partial charge < -0.3 is 14.4 Å². The van der Waals surface area contributed by atoms with Crippen LogP contribution in [-0.4, -0.2) is 14.7 Å². The Morgan fingerprint density at radius 3 is 2.63 bits per heavy atom. The van der Waals surface area contributed by atoms with E-state index in [9.17, 15) is 5.11 Å². The fourth-order valence-corrected chi connectivity index (χ4v) is 1.94. The van der Waals surface area contributed by atoms with Crippen LogP contribution in [0, 0.1) is 0 Å². The molecule has 1 aromatic carbocycles. The van der Waals surface area contributed by atoms with Gasteiger partial charge in [0, 0.05) is 18.9 Å². The lowest BCUT2D eigenvalue weighted by molar-refractivity contribution is 0.173. The van der Waals surface area contributed by atoms with E-state index in [2.05, 4.69) is 16.5 Å². The van der Waals surface area contributed by atoms with Gasteiger partial charge in [-0.3, -0.25) is 0 Å². The molecule has 1 unspecified atom stereocenters. The number of aryl methyl sites for hydroxylation is 1. The van der Waals surface area contributed by atoms with Crippen LogP contribution < -0.4 is 4.74 Å². The minimum Gasteiger partial charge on any atom is -0.486 e. The molecule has 1 N–H and O–H groups in total. The summed E-state index contributed by atoms with van der Waals surface area (Å²) < 4.78 is 7.75. The van der Waals surface area contributed by atoms with Crippen LogP contribution in [0.25, 0.3) is 0 Å². The van der Waals surface area contributed by atoms with Gasteiger partial charge in [0.1, 0.15) is 18.2 Å². The largest absolute Gasteiger partial charge is 0.486 e. The second-order valence-electron chi connectivity index (χ2n) is 4.41. The summed E-state index contributed by atoms with van der Waals surface area (Å²) in [5.74, 6) is 1.71. The van der Waals surface area contributed by atoms with Crippen LogP contribution in [0.3, 0.4) is 0 Å². The molecule has 0 fully saturated rings. The molecule has 2 rings (SSSR count). The number of hydrogen-bond donors (Lipinski definition) is 1. The van der Waals surface area contributed by atoms with Gasteiger partial charge in [-0.1, -0.05) is 19.1 Å². The van der Waals surface area contributed by atoms with E-state index in [0.717, 1.165) is 23.7 Å². The highest BCUT2D eigenvalue weighted by Crippen LogP contribution is 2.20. The third-order valence-corrected chi connectivity index (χ3v) is 3.16. The molecule has 1 heterocycles. The molecular weight excluding hydrogens is 240 g/mol. The molecule has 19 heavy (non-hydrogen) atoms. The van der Waals surface area contributed by atoms with Gasteiger partial charge in [0.15, 0.2) is 0 Å². The third-order valence-electron chi connectivity index (χ3n) is 3.16. The molecule has 0 aliphatic rings. The van der Waals surface area contributed by atoms with Crippen molar-refractivity contribution in [1.29, 1.82) is 0 Å². The third kappa shape index (κ3) is 3.35. The fraction of sp³-hybridized carbons (Fsp3) is 0.400. The van der Waals surface area contributed by atoms with E-state index in [-0.39, 0.29) is 0 Å². The van der Waals surface area contributed by atoms with Gasteiger partial charge in [0.05, 0.1) is 6.10 Å². The first-order chi connectivity index (χ1) is 9.24. The van der Waals surface area contributed by atoms with E-state index in [1.54, 1.807) is 6.20 Å². The predicted molar refractivity (Wildman–Crippen MR) is 73.9 cm³/mol. The number of imidazole rings is 1. The van der Waals surface area contributed by atoms with Crippen LogP contribution in [0.5, 0.6) is 5.75 Å². The summed E-state index contributed by atoms with van der Waals surface area (Å²) >= 11 is 0. The Balaban J connectivity index is 1.96. The molecule has 0 bridgehead atoms. The van der Waals surface area contributed by atoms with Crippen LogP contribution in [0.1, 0.15) is 37.8 Å². The van der Waals surface area contributed by atoms with Crippen molar-refractivity contribution in [2.75, 3.05) is 0 Å². The highest BCUT2D eigenvalue weighted by atomic mass is 16.5. The molecule has 0 aliphatic carbocycles. The maximum Gasteiger partial charge on any atom is 0.146 e. The molecule has 0 amide bonds. The first-order valence-electron chi connectivity index (χ1n) is 6.65. The van der Waals surface area contributed by atoms with Crippen LogP contribution in [0.2, 0.25) is 0 Å². The average Bonchev–Trinajstić information content (AvgIpc) is 2.92. The fourth-order valence-electron chi connectivity index (χ4n) is 1.94. The Hall–Kier alpha value is -1.81. The Bertz CT molecular complexity index is 505. The quantitative estimate of drug-likeness (QED) is 0.868. The van der Waals surface area contributed by atoms with Crippen LogP contribution in [-0.2, 0) is 13.2 Å². The van der Waals surface area contributed by atoms with Crippen molar-refractivity contribution in [1.82, 2.24) is 9.55 Å². The lowest BCUT2D eigenvalue weighted by Gasteiger charge is -2.10. The normalized spacial score (nSPS) is 12.4. The summed E-state index contributed by atoms with van der Waals surface area (Å²) in [7, 11) is 0. The summed E-state index contributed by atoms with van der Waals surface area (Å²) in [4.78, 5) is 4.26. The van der Waals surface area contributed by atoms with Crippen LogP contribution in [0.15, 0.2) is 36.7 Å². The minimum atomic E-state index is -0.395. The predicted octanol–water partition coefficient (Wildman–Crippen LogP) is 2.93. The molecule has 0 saturated heterocycles. The molecule has 1 atom stereocenters. The SMILES string of the molecule is CCC(O)c1ccc(OCc2nccn2CC)cc1. The van der Waals surface area contributed by atoms with Crippen molar-refractivity contribution in [2.24, 2.45) is 0 Å². The van der Waals surface area contributed by atoms with E-state index in [4.69, 9.17) is 4.74 Å². The van der Waals surface area contributed by atoms with Gasteiger partial charge in [-0.25, -0.2) is 4.98 Å². The molecular formula is C15H20N2O2. The Morgan fingerprint density at radius 2 is 2.00 bits per heavy atom. The van der Waals surface area contributed by atoms with Crippen molar-refractivity contribution in [3.05, 3.63) is 48.0 Å². The lowest BCUT2D eigenvalue weighted by Crippen LogP contribution is -2.05. The van der Waals surface area contributed by atoms with Crippen molar-refractivity contribution in [3.8, 4) is 5.75 Å². The highest BCUT2D eigenvalue weighted by Gasteiger charge is 2.05. The topological polar surface area (TPSA) is 47.3 Å². The maximum absolute atomic E-state index is 9.71. The van der Waals surface area contributed by atoms with Gasteiger partial charge in [-0.15, -0.1) is 0 Å². The Kier molecular flexibility index (Phi) is 4.58. The van der Waals surface area contributed by atoms with E-state index in [0.29, 0.717) is 13.0 Å². The van der Waals surface area contributed by atoms with E-state index in [1.807, 2.05) is 37.4 Å². The number of hydrogen-bond acceptors (Lipinski definition) is 3. The zero-order valence-electron chi connectivity index (χ0n) is 11.4. The van der Waals surface area contributed by atoms with Gasteiger partial charge in [0.25, 0.3) is 0 Å². The monoisotopic (exact) mass is 260 g/mol. The zero-order valence-corrected chi connectivity index (χ0v) is 11.4. The number of nitrogens with zero attached hydrogens (tertiary/aromatic N) is 2. The van der Waals surface area contributed by atoms with Crippen molar-refractivity contribution in [3.63, 3.8) is 0 Å². The van der Waals surface area contributed by atoms with Crippen molar-refractivity contribution in [2.45, 2.75) is 39.5 Å². The second-order valence-corrected chi connectivity index (χ2v) is 4.41. The Labute approximate surface area is 113 Å². The second kappa shape index (κ2) is 6.38. The molecule has 0 saturated carbocycles. The van der Waals surface area contributed by atoms with Gasteiger partial charge in [0.2, 0.25) is 0 Å². The highest BCUT2D eigenvalue weighted by molar-refractivity contribution is 5.28. The molecule has 0 spiro atoms. The average molecular weight is 260 g/mol. The molecule has 0 aliphatic heterocycles.